The van der Waals surface area contributed by atoms with Crippen molar-refractivity contribution in [1.29, 1.82) is 0 Å². The fourth-order valence-electron chi connectivity index (χ4n) is 1.92. The van der Waals surface area contributed by atoms with E-state index < -0.39 is 5.97 Å². The average Bonchev–Trinajstić information content (AvgIpc) is 2.53. The molecule has 0 saturated heterocycles. The number of hydrogen-bond acceptors (Lipinski definition) is 3. The van der Waals surface area contributed by atoms with Gasteiger partial charge < -0.3 is 10.0 Å². The van der Waals surface area contributed by atoms with Crippen LogP contribution in [0.15, 0.2) is 48.8 Å². The highest BCUT2D eigenvalue weighted by Gasteiger charge is 2.12. The van der Waals surface area contributed by atoms with Crippen LogP contribution in [0.1, 0.15) is 26.3 Å². The lowest BCUT2D eigenvalue weighted by atomic mass is 10.1. The highest BCUT2D eigenvalue weighted by Crippen LogP contribution is 2.08. The van der Waals surface area contributed by atoms with Crippen molar-refractivity contribution in [3.63, 3.8) is 0 Å². The largest absolute Gasteiger partial charge is 0.478 e. The van der Waals surface area contributed by atoms with E-state index in [-0.39, 0.29) is 11.5 Å². The normalized spacial score (nSPS) is 10.1. The predicted molar refractivity (Wildman–Crippen MR) is 78.3 cm³/mol. The van der Waals surface area contributed by atoms with Gasteiger partial charge in [0.15, 0.2) is 0 Å². The Morgan fingerprint density at radius 1 is 1.05 bits per heavy atom. The lowest BCUT2D eigenvalue weighted by molar-refractivity contribution is 0.0695. The predicted octanol–water partition coefficient (Wildman–Crippen LogP) is 2.09. The summed E-state index contributed by atoms with van der Waals surface area (Å²) in [6.45, 7) is 0.587. The molecule has 2 rings (SSSR count). The van der Waals surface area contributed by atoms with E-state index in [1.54, 1.807) is 24.3 Å². The molecule has 5 heteroatoms. The summed E-state index contributed by atoms with van der Waals surface area (Å²) in [5.41, 5.74) is 1.77. The molecule has 0 aliphatic heterocycles. The standard InChI is InChI=1S/C16H16N2O3/c1-18(11-8-12-6-9-17-10-7-12)15(19)13-2-4-14(5-3-13)16(20)21/h2-7,9-10H,8,11H2,1H3,(H,20,21). The Bertz CT molecular complexity index is 624. The van der Waals surface area contributed by atoms with Crippen LogP contribution >= 0.6 is 0 Å². The van der Waals surface area contributed by atoms with E-state index in [1.807, 2.05) is 12.1 Å². The minimum absolute atomic E-state index is 0.124. The first-order valence-electron chi connectivity index (χ1n) is 6.55. The Hall–Kier alpha value is -2.69. The number of nitrogens with zero attached hydrogens (tertiary/aromatic N) is 2. The Kier molecular flexibility index (Phi) is 4.66. The number of pyridine rings is 1. The van der Waals surface area contributed by atoms with E-state index in [9.17, 15) is 9.59 Å². The number of carbonyl (C=O) groups excluding carboxylic acids is 1. The number of aromatic carboxylic acids is 1. The highest BCUT2D eigenvalue weighted by atomic mass is 16.4. The topological polar surface area (TPSA) is 70.5 Å². The smallest absolute Gasteiger partial charge is 0.335 e. The van der Waals surface area contributed by atoms with Crippen molar-refractivity contribution in [2.45, 2.75) is 6.42 Å². The molecule has 0 unspecified atom stereocenters. The number of carboxylic acids is 1. The molecule has 0 radical (unpaired) electrons. The van der Waals surface area contributed by atoms with Crippen LogP contribution in [0.2, 0.25) is 0 Å². The second-order valence-electron chi connectivity index (χ2n) is 4.71. The monoisotopic (exact) mass is 284 g/mol. The van der Waals surface area contributed by atoms with Crippen molar-refractivity contribution in [3.8, 4) is 0 Å². The van der Waals surface area contributed by atoms with E-state index in [0.29, 0.717) is 12.1 Å². The molecule has 0 atom stereocenters. The fraction of sp³-hybridized carbons (Fsp3) is 0.188. The number of benzene rings is 1. The first-order chi connectivity index (χ1) is 10.1. The number of amides is 1. The summed E-state index contributed by atoms with van der Waals surface area (Å²) < 4.78 is 0. The highest BCUT2D eigenvalue weighted by molar-refractivity contribution is 5.95. The van der Waals surface area contributed by atoms with Crippen LogP contribution in [-0.4, -0.2) is 40.5 Å². The van der Waals surface area contributed by atoms with Gasteiger partial charge in [0.25, 0.3) is 5.91 Å². The molecule has 0 aliphatic rings. The van der Waals surface area contributed by atoms with Gasteiger partial charge in [0.05, 0.1) is 5.56 Å². The summed E-state index contributed by atoms with van der Waals surface area (Å²) in [6.07, 6.45) is 4.20. The number of hydrogen-bond donors (Lipinski definition) is 1. The molecule has 2 aromatic rings. The summed E-state index contributed by atoms with van der Waals surface area (Å²) in [4.78, 5) is 28.6. The maximum absolute atomic E-state index is 12.2. The van der Waals surface area contributed by atoms with Crippen molar-refractivity contribution in [3.05, 3.63) is 65.5 Å². The minimum Gasteiger partial charge on any atom is -0.478 e. The fourth-order valence-corrected chi connectivity index (χ4v) is 1.92. The van der Waals surface area contributed by atoms with Gasteiger partial charge in [-0.05, 0) is 48.4 Å². The minimum atomic E-state index is -1.000. The maximum Gasteiger partial charge on any atom is 0.335 e. The Morgan fingerprint density at radius 3 is 2.19 bits per heavy atom. The first kappa shape index (κ1) is 14.7. The first-order valence-corrected chi connectivity index (χ1v) is 6.55. The van der Waals surface area contributed by atoms with Gasteiger partial charge in [-0.15, -0.1) is 0 Å². The van der Waals surface area contributed by atoms with Crippen molar-refractivity contribution in [1.82, 2.24) is 9.88 Å². The second-order valence-corrected chi connectivity index (χ2v) is 4.71. The zero-order valence-electron chi connectivity index (χ0n) is 11.7. The zero-order chi connectivity index (χ0) is 15.2. The van der Waals surface area contributed by atoms with Crippen molar-refractivity contribution >= 4 is 11.9 Å². The molecule has 108 valence electrons. The van der Waals surface area contributed by atoms with E-state index in [4.69, 9.17) is 5.11 Å². The lowest BCUT2D eigenvalue weighted by Crippen LogP contribution is -2.28. The third-order valence-corrected chi connectivity index (χ3v) is 3.21. The molecule has 1 aromatic heterocycles. The molecule has 0 bridgehead atoms. The Labute approximate surface area is 122 Å². The van der Waals surface area contributed by atoms with Crippen LogP contribution in [-0.2, 0) is 6.42 Å². The molecule has 5 nitrogen and oxygen atoms in total. The number of likely N-dealkylation sites (N-methyl/N-ethyl adjacent to an activating group) is 1. The molecule has 0 spiro atoms. The SMILES string of the molecule is CN(CCc1ccncc1)C(=O)c1ccc(C(=O)O)cc1. The Balaban J connectivity index is 1.97. The number of rotatable bonds is 5. The van der Waals surface area contributed by atoms with E-state index in [0.717, 1.165) is 12.0 Å². The molecular weight excluding hydrogens is 268 g/mol. The molecule has 0 fully saturated rings. The Morgan fingerprint density at radius 2 is 1.62 bits per heavy atom. The van der Waals surface area contributed by atoms with Gasteiger partial charge in [-0.1, -0.05) is 0 Å². The number of aromatic nitrogens is 1. The van der Waals surface area contributed by atoms with Crippen molar-refractivity contribution in [2.75, 3.05) is 13.6 Å². The van der Waals surface area contributed by atoms with Crippen molar-refractivity contribution < 1.29 is 14.7 Å². The number of carboxylic acid groups (broad SMARTS) is 1. The maximum atomic E-state index is 12.2. The van der Waals surface area contributed by atoms with Gasteiger partial charge >= 0.3 is 5.97 Å². The van der Waals surface area contributed by atoms with Crippen LogP contribution in [0.5, 0.6) is 0 Å². The second kappa shape index (κ2) is 6.65. The van der Waals surface area contributed by atoms with Crippen molar-refractivity contribution in [2.24, 2.45) is 0 Å². The molecule has 1 aromatic carbocycles. The van der Waals surface area contributed by atoms with Crippen LogP contribution < -0.4 is 0 Å². The molecule has 1 heterocycles. The average molecular weight is 284 g/mol. The van der Waals surface area contributed by atoms with E-state index in [1.165, 1.54) is 24.3 Å². The van der Waals surface area contributed by atoms with Gasteiger partial charge in [-0.2, -0.15) is 0 Å². The van der Waals surface area contributed by atoms with Crippen LogP contribution in [0.25, 0.3) is 0 Å². The molecule has 0 saturated carbocycles. The third-order valence-electron chi connectivity index (χ3n) is 3.21. The zero-order valence-corrected chi connectivity index (χ0v) is 11.7. The molecule has 1 amide bonds. The quantitative estimate of drug-likeness (QED) is 0.912. The molecular formula is C16H16N2O3. The summed E-state index contributed by atoms with van der Waals surface area (Å²) in [7, 11) is 1.73. The van der Waals surface area contributed by atoms with Gasteiger partial charge in [0, 0.05) is 31.5 Å². The third kappa shape index (κ3) is 3.89. The van der Waals surface area contributed by atoms with Gasteiger partial charge in [0.1, 0.15) is 0 Å². The van der Waals surface area contributed by atoms with Crippen LogP contribution in [0.4, 0.5) is 0 Å². The number of carbonyl (C=O) groups is 2. The summed E-state index contributed by atoms with van der Waals surface area (Å²) in [6, 6.07) is 9.78. The van der Waals surface area contributed by atoms with E-state index in [2.05, 4.69) is 4.98 Å². The van der Waals surface area contributed by atoms with Gasteiger partial charge in [-0.25, -0.2) is 4.79 Å². The van der Waals surface area contributed by atoms with Gasteiger partial charge in [0.2, 0.25) is 0 Å². The summed E-state index contributed by atoms with van der Waals surface area (Å²) in [5.74, 6) is -1.12. The summed E-state index contributed by atoms with van der Waals surface area (Å²) >= 11 is 0. The van der Waals surface area contributed by atoms with E-state index >= 15 is 0 Å². The summed E-state index contributed by atoms with van der Waals surface area (Å²) in [5, 5.41) is 8.83. The molecule has 21 heavy (non-hydrogen) atoms. The molecule has 0 aliphatic carbocycles. The molecule has 1 N–H and O–H groups in total. The lowest BCUT2D eigenvalue weighted by Gasteiger charge is -2.17. The van der Waals surface area contributed by atoms with Gasteiger partial charge in [-0.3, -0.25) is 9.78 Å². The van der Waals surface area contributed by atoms with Crippen LogP contribution in [0.3, 0.4) is 0 Å². The van der Waals surface area contributed by atoms with Crippen LogP contribution in [0, 0.1) is 0 Å².